The highest BCUT2D eigenvalue weighted by molar-refractivity contribution is 7.99. The monoisotopic (exact) mass is 231 g/mol. The van der Waals surface area contributed by atoms with Crippen LogP contribution >= 0.6 is 11.8 Å². The van der Waals surface area contributed by atoms with Crippen LogP contribution in [0.1, 0.15) is 25.7 Å². The molecule has 0 spiro atoms. The second kappa shape index (κ2) is 5.53. The molecule has 3 nitrogen and oxygen atoms in total. The molecule has 0 amide bonds. The number of hydrogen-bond acceptors (Lipinski definition) is 4. The molecule has 4 heteroatoms. The van der Waals surface area contributed by atoms with E-state index in [4.69, 9.17) is 4.74 Å². The molecule has 2 unspecified atom stereocenters. The van der Waals surface area contributed by atoms with Crippen LogP contribution in [-0.4, -0.2) is 48.0 Å². The van der Waals surface area contributed by atoms with Gasteiger partial charge in [0.25, 0.3) is 0 Å². The molecular weight excluding hydrogens is 210 g/mol. The zero-order chi connectivity index (χ0) is 10.7. The summed E-state index contributed by atoms with van der Waals surface area (Å²) < 4.78 is 5.24. The van der Waals surface area contributed by atoms with Gasteiger partial charge in [-0.1, -0.05) is 0 Å². The van der Waals surface area contributed by atoms with Gasteiger partial charge >= 0.3 is 0 Å². The minimum absolute atomic E-state index is 0.167. The molecule has 2 aliphatic rings. The van der Waals surface area contributed by atoms with E-state index in [1.165, 1.54) is 25.7 Å². The molecule has 0 aromatic heterocycles. The topological polar surface area (TPSA) is 41.5 Å². The first-order valence-electron chi connectivity index (χ1n) is 5.84. The van der Waals surface area contributed by atoms with Crippen molar-refractivity contribution in [1.82, 2.24) is 5.32 Å². The van der Waals surface area contributed by atoms with E-state index in [0.29, 0.717) is 19.3 Å². The summed E-state index contributed by atoms with van der Waals surface area (Å²) in [6.45, 7) is 1.17. The molecule has 0 radical (unpaired) electrons. The van der Waals surface area contributed by atoms with Gasteiger partial charge in [0, 0.05) is 11.3 Å². The lowest BCUT2D eigenvalue weighted by Gasteiger charge is -2.30. The van der Waals surface area contributed by atoms with Gasteiger partial charge in [-0.15, -0.1) is 0 Å². The average Bonchev–Trinajstić information content (AvgIpc) is 2.66. The number of thioether (sulfide) groups is 1. The first-order chi connectivity index (χ1) is 7.29. The lowest BCUT2D eigenvalue weighted by molar-refractivity contribution is 0.120. The predicted molar refractivity (Wildman–Crippen MR) is 63.3 cm³/mol. The quantitative estimate of drug-likeness (QED) is 0.760. The molecule has 0 aromatic rings. The molecule has 0 aromatic carbocycles. The minimum Gasteiger partial charge on any atom is -0.389 e. The number of rotatable bonds is 3. The molecule has 0 bridgehead atoms. The van der Waals surface area contributed by atoms with Crippen molar-refractivity contribution in [1.29, 1.82) is 0 Å². The van der Waals surface area contributed by atoms with Crippen molar-refractivity contribution in [2.45, 2.75) is 49.1 Å². The van der Waals surface area contributed by atoms with Crippen LogP contribution in [0.25, 0.3) is 0 Å². The Balaban J connectivity index is 1.72. The standard InChI is InChI=1S/C11H21NO2S/c1-15-9-4-2-8(3-5-9)12-10-6-14-7-11(10)13/h8-13H,2-7H2,1H3. The fourth-order valence-corrected chi connectivity index (χ4v) is 3.21. The van der Waals surface area contributed by atoms with E-state index in [2.05, 4.69) is 11.6 Å². The summed E-state index contributed by atoms with van der Waals surface area (Å²) in [6.07, 6.45) is 7.00. The van der Waals surface area contributed by atoms with Gasteiger partial charge < -0.3 is 15.2 Å². The van der Waals surface area contributed by atoms with Gasteiger partial charge in [0.1, 0.15) is 0 Å². The van der Waals surface area contributed by atoms with Crippen molar-refractivity contribution < 1.29 is 9.84 Å². The van der Waals surface area contributed by atoms with Gasteiger partial charge in [0.15, 0.2) is 0 Å². The molecule has 2 N–H and O–H groups in total. The summed E-state index contributed by atoms with van der Waals surface area (Å²) in [7, 11) is 0. The van der Waals surface area contributed by atoms with Crippen LogP contribution in [0.4, 0.5) is 0 Å². The van der Waals surface area contributed by atoms with Crippen LogP contribution in [0, 0.1) is 0 Å². The highest BCUT2D eigenvalue weighted by atomic mass is 32.2. The molecule has 1 aliphatic heterocycles. The van der Waals surface area contributed by atoms with Gasteiger partial charge in [0.2, 0.25) is 0 Å². The van der Waals surface area contributed by atoms with Crippen molar-refractivity contribution >= 4 is 11.8 Å². The zero-order valence-electron chi connectivity index (χ0n) is 9.32. The van der Waals surface area contributed by atoms with Gasteiger partial charge in [0.05, 0.1) is 25.4 Å². The molecule has 2 fully saturated rings. The van der Waals surface area contributed by atoms with Crippen molar-refractivity contribution in [3.8, 4) is 0 Å². The first-order valence-corrected chi connectivity index (χ1v) is 7.13. The Morgan fingerprint density at radius 2 is 1.93 bits per heavy atom. The van der Waals surface area contributed by atoms with Crippen LogP contribution in [0.5, 0.6) is 0 Å². The van der Waals surface area contributed by atoms with Crippen LogP contribution < -0.4 is 5.32 Å². The molecule has 15 heavy (non-hydrogen) atoms. The second-order valence-corrected chi connectivity index (χ2v) is 5.73. The van der Waals surface area contributed by atoms with Crippen LogP contribution in [0.2, 0.25) is 0 Å². The maximum atomic E-state index is 9.63. The molecule has 2 rings (SSSR count). The average molecular weight is 231 g/mol. The van der Waals surface area contributed by atoms with Crippen molar-refractivity contribution in [2.75, 3.05) is 19.5 Å². The van der Waals surface area contributed by atoms with Gasteiger partial charge in [-0.25, -0.2) is 0 Å². The van der Waals surface area contributed by atoms with E-state index >= 15 is 0 Å². The van der Waals surface area contributed by atoms with E-state index in [0.717, 1.165) is 5.25 Å². The largest absolute Gasteiger partial charge is 0.389 e. The predicted octanol–water partition coefficient (Wildman–Crippen LogP) is 1.01. The normalized spacial score (nSPS) is 42.0. The Morgan fingerprint density at radius 1 is 1.20 bits per heavy atom. The SMILES string of the molecule is CSC1CCC(NC2COCC2O)CC1. The van der Waals surface area contributed by atoms with E-state index in [9.17, 15) is 5.11 Å². The third kappa shape index (κ3) is 3.09. The maximum Gasteiger partial charge on any atom is 0.0948 e. The third-order valence-corrected chi connectivity index (χ3v) is 4.65. The number of ether oxygens (including phenoxy) is 1. The van der Waals surface area contributed by atoms with E-state index < -0.39 is 0 Å². The summed E-state index contributed by atoms with van der Waals surface area (Å²) in [5.41, 5.74) is 0. The number of aliphatic hydroxyl groups excluding tert-OH is 1. The number of hydrogen-bond donors (Lipinski definition) is 2. The minimum atomic E-state index is -0.303. The lowest BCUT2D eigenvalue weighted by atomic mass is 9.94. The van der Waals surface area contributed by atoms with E-state index in [-0.39, 0.29) is 12.1 Å². The molecule has 88 valence electrons. The van der Waals surface area contributed by atoms with Gasteiger partial charge in [-0.2, -0.15) is 11.8 Å². The highest BCUT2D eigenvalue weighted by Gasteiger charge is 2.29. The van der Waals surface area contributed by atoms with Crippen LogP contribution in [0.3, 0.4) is 0 Å². The molecular formula is C11H21NO2S. The Bertz CT molecular complexity index is 195. The fraction of sp³-hybridized carbons (Fsp3) is 1.00. The summed E-state index contributed by atoms with van der Waals surface area (Å²) in [6, 6.07) is 0.760. The first kappa shape index (κ1) is 11.7. The molecule has 1 saturated heterocycles. The summed E-state index contributed by atoms with van der Waals surface area (Å²) in [5, 5.41) is 14.0. The third-order valence-electron chi connectivity index (χ3n) is 3.51. The van der Waals surface area contributed by atoms with Crippen molar-refractivity contribution in [3.05, 3.63) is 0 Å². The molecule has 1 heterocycles. The van der Waals surface area contributed by atoms with Crippen LogP contribution in [-0.2, 0) is 4.74 Å². The highest BCUT2D eigenvalue weighted by Crippen LogP contribution is 2.27. The summed E-state index contributed by atoms with van der Waals surface area (Å²) in [4.78, 5) is 0. The van der Waals surface area contributed by atoms with Gasteiger partial charge in [-0.3, -0.25) is 0 Å². The van der Waals surface area contributed by atoms with Crippen molar-refractivity contribution in [2.24, 2.45) is 0 Å². The molecule has 1 saturated carbocycles. The van der Waals surface area contributed by atoms with E-state index in [1.54, 1.807) is 0 Å². The number of aliphatic hydroxyl groups is 1. The Hall–Kier alpha value is 0.230. The second-order valence-electron chi connectivity index (χ2n) is 4.59. The summed E-state index contributed by atoms with van der Waals surface area (Å²) >= 11 is 1.99. The zero-order valence-corrected chi connectivity index (χ0v) is 10.1. The fourth-order valence-electron chi connectivity index (χ4n) is 2.47. The molecule has 2 atom stereocenters. The number of nitrogens with one attached hydrogen (secondary N) is 1. The Morgan fingerprint density at radius 3 is 2.47 bits per heavy atom. The Labute approximate surface area is 96.0 Å². The molecule has 1 aliphatic carbocycles. The van der Waals surface area contributed by atoms with Crippen molar-refractivity contribution in [3.63, 3.8) is 0 Å². The maximum absolute atomic E-state index is 9.63. The van der Waals surface area contributed by atoms with Gasteiger partial charge in [-0.05, 0) is 31.9 Å². The Kier molecular flexibility index (Phi) is 4.31. The lowest BCUT2D eigenvalue weighted by Crippen LogP contribution is -2.46. The summed E-state index contributed by atoms with van der Waals surface area (Å²) in [5.74, 6) is 0. The van der Waals surface area contributed by atoms with Crippen LogP contribution in [0.15, 0.2) is 0 Å². The van der Waals surface area contributed by atoms with E-state index in [1.807, 2.05) is 11.8 Å². The smallest absolute Gasteiger partial charge is 0.0948 e.